The molecule has 0 spiro atoms. The minimum Gasteiger partial charge on any atom is -0.419 e. The summed E-state index contributed by atoms with van der Waals surface area (Å²) < 4.78 is 4.79. The molecule has 0 N–H and O–H groups in total. The molecule has 1 aromatic rings. The number of allylic oxidation sites excluding steroid dienone is 1. The summed E-state index contributed by atoms with van der Waals surface area (Å²) in [7, 11) is 0. The number of hydrogen-bond donors (Lipinski definition) is 0. The summed E-state index contributed by atoms with van der Waals surface area (Å²) in [5, 5.41) is 21.3. The first kappa shape index (κ1) is 14.3. The van der Waals surface area contributed by atoms with Gasteiger partial charge in [-0.25, -0.2) is 0 Å². The van der Waals surface area contributed by atoms with Gasteiger partial charge in [-0.3, -0.25) is 25.0 Å². The van der Waals surface area contributed by atoms with Gasteiger partial charge in [0, 0.05) is 12.5 Å². The average Bonchev–Trinajstić information content (AvgIpc) is 2.36. The molecule has 0 aliphatic carbocycles. The summed E-state index contributed by atoms with van der Waals surface area (Å²) in [4.78, 5) is 31.0. The molecule has 1 rings (SSSR count). The number of carbonyl (C=O) groups is 1. The normalized spacial score (nSPS) is 9.68. The monoisotopic (exact) mass is 266 g/mol. The van der Waals surface area contributed by atoms with Gasteiger partial charge < -0.3 is 4.74 Å². The summed E-state index contributed by atoms with van der Waals surface area (Å²) in [5.74, 6) is -0.985. The van der Waals surface area contributed by atoms with Crippen LogP contribution in [0.25, 0.3) is 0 Å². The van der Waals surface area contributed by atoms with Gasteiger partial charge in [-0.05, 0) is 12.5 Å². The maximum atomic E-state index is 11.3. The van der Waals surface area contributed by atoms with Gasteiger partial charge in [-0.1, -0.05) is 6.08 Å². The second-order valence-electron chi connectivity index (χ2n) is 3.47. The molecule has 1 aromatic carbocycles. The quantitative estimate of drug-likeness (QED) is 0.257. The largest absolute Gasteiger partial charge is 0.419 e. The van der Waals surface area contributed by atoms with Crippen LogP contribution in [0, 0.1) is 20.2 Å². The molecule has 0 aliphatic rings. The van der Waals surface area contributed by atoms with Gasteiger partial charge in [-0.2, -0.15) is 0 Å². The molecule has 0 heterocycles. The number of rotatable bonds is 6. The smallest absolute Gasteiger partial charge is 0.318 e. The van der Waals surface area contributed by atoms with Crippen LogP contribution in [0.3, 0.4) is 0 Å². The zero-order valence-electron chi connectivity index (χ0n) is 9.77. The average molecular weight is 266 g/mol. The fourth-order valence-corrected chi connectivity index (χ4v) is 1.24. The van der Waals surface area contributed by atoms with Gasteiger partial charge in [0.1, 0.15) is 0 Å². The van der Waals surface area contributed by atoms with Crippen LogP contribution in [0.15, 0.2) is 30.9 Å². The summed E-state index contributed by atoms with van der Waals surface area (Å²) in [5.41, 5.74) is -1.07. The third-order valence-electron chi connectivity index (χ3n) is 2.13. The van der Waals surface area contributed by atoms with E-state index < -0.39 is 27.2 Å². The molecule has 100 valence electrons. The minimum atomic E-state index is -0.844. The number of nitrogens with zero attached hydrogens (tertiary/aromatic N) is 2. The zero-order chi connectivity index (χ0) is 14.4. The van der Waals surface area contributed by atoms with Crippen LogP contribution in [-0.2, 0) is 4.79 Å². The van der Waals surface area contributed by atoms with E-state index in [2.05, 4.69) is 6.58 Å². The number of nitro benzene ring substituents is 2. The molecular weight excluding hydrogens is 256 g/mol. The van der Waals surface area contributed by atoms with Crippen molar-refractivity contribution in [3.05, 3.63) is 51.1 Å². The van der Waals surface area contributed by atoms with Crippen molar-refractivity contribution in [3.63, 3.8) is 0 Å². The maximum Gasteiger partial charge on any atom is 0.318 e. The van der Waals surface area contributed by atoms with Gasteiger partial charge in [0.25, 0.3) is 5.69 Å². The maximum absolute atomic E-state index is 11.3. The lowest BCUT2D eigenvalue weighted by atomic mass is 10.2. The fourth-order valence-electron chi connectivity index (χ4n) is 1.24. The minimum absolute atomic E-state index is 0.0254. The fraction of sp³-hybridized carbons (Fsp3) is 0.182. The Morgan fingerprint density at radius 2 is 2.00 bits per heavy atom. The Balaban J connectivity index is 3.00. The number of nitro groups is 2. The van der Waals surface area contributed by atoms with E-state index in [1.165, 1.54) is 6.08 Å². The highest BCUT2D eigenvalue weighted by Crippen LogP contribution is 2.31. The first-order valence-corrected chi connectivity index (χ1v) is 5.20. The second kappa shape index (κ2) is 6.24. The molecule has 0 unspecified atom stereocenters. The van der Waals surface area contributed by atoms with Crippen molar-refractivity contribution in [2.45, 2.75) is 12.8 Å². The Labute approximate surface area is 107 Å². The number of carbonyl (C=O) groups excluding carboxylic acids is 1. The number of ether oxygens (including phenoxy) is 1. The van der Waals surface area contributed by atoms with Crippen LogP contribution in [0.4, 0.5) is 11.4 Å². The van der Waals surface area contributed by atoms with Crippen LogP contribution >= 0.6 is 0 Å². The van der Waals surface area contributed by atoms with E-state index in [-0.39, 0.29) is 12.2 Å². The van der Waals surface area contributed by atoms with Crippen LogP contribution in [0.2, 0.25) is 0 Å². The molecule has 0 aliphatic heterocycles. The highest BCUT2D eigenvalue weighted by atomic mass is 16.6. The van der Waals surface area contributed by atoms with Crippen molar-refractivity contribution in [1.29, 1.82) is 0 Å². The van der Waals surface area contributed by atoms with E-state index in [1.807, 2.05) is 0 Å². The third kappa shape index (κ3) is 3.87. The molecule has 0 bridgehead atoms. The van der Waals surface area contributed by atoms with Gasteiger partial charge in [0.15, 0.2) is 0 Å². The van der Waals surface area contributed by atoms with Gasteiger partial charge in [0.05, 0.1) is 15.9 Å². The lowest BCUT2D eigenvalue weighted by Crippen LogP contribution is -2.08. The lowest BCUT2D eigenvalue weighted by Gasteiger charge is -2.04. The zero-order valence-corrected chi connectivity index (χ0v) is 9.77. The highest BCUT2D eigenvalue weighted by Gasteiger charge is 2.22. The van der Waals surface area contributed by atoms with Gasteiger partial charge in [-0.15, -0.1) is 6.58 Å². The summed E-state index contributed by atoms with van der Waals surface area (Å²) in [6, 6.07) is 2.81. The number of esters is 1. The highest BCUT2D eigenvalue weighted by molar-refractivity contribution is 5.74. The van der Waals surface area contributed by atoms with Crippen molar-refractivity contribution in [1.82, 2.24) is 0 Å². The molecule has 0 fully saturated rings. The number of non-ortho nitro benzene ring substituents is 1. The summed E-state index contributed by atoms with van der Waals surface area (Å²) in [6.45, 7) is 3.43. The molecular formula is C11H10N2O6. The van der Waals surface area contributed by atoms with Crippen LogP contribution in [0.1, 0.15) is 12.8 Å². The van der Waals surface area contributed by atoms with Crippen LogP contribution in [-0.4, -0.2) is 15.8 Å². The van der Waals surface area contributed by atoms with E-state index in [1.54, 1.807) is 0 Å². The van der Waals surface area contributed by atoms with Crippen LogP contribution in [0.5, 0.6) is 5.75 Å². The van der Waals surface area contributed by atoms with Crippen molar-refractivity contribution in [2.75, 3.05) is 0 Å². The first-order valence-electron chi connectivity index (χ1n) is 5.20. The Kier molecular flexibility index (Phi) is 4.69. The van der Waals surface area contributed by atoms with Crippen molar-refractivity contribution >= 4 is 17.3 Å². The number of benzene rings is 1. The Morgan fingerprint density at radius 1 is 1.32 bits per heavy atom. The lowest BCUT2D eigenvalue weighted by molar-refractivity contribution is -0.394. The Hall–Kier alpha value is -2.77. The topological polar surface area (TPSA) is 113 Å². The summed E-state index contributed by atoms with van der Waals surface area (Å²) >= 11 is 0. The van der Waals surface area contributed by atoms with Crippen molar-refractivity contribution in [3.8, 4) is 5.75 Å². The molecule has 8 heteroatoms. The molecule has 0 saturated carbocycles. The Morgan fingerprint density at radius 3 is 2.53 bits per heavy atom. The Bertz CT molecular complexity index is 540. The van der Waals surface area contributed by atoms with E-state index >= 15 is 0 Å². The van der Waals surface area contributed by atoms with Crippen LogP contribution < -0.4 is 4.74 Å². The number of hydrogen-bond acceptors (Lipinski definition) is 6. The predicted octanol–water partition coefficient (Wildman–Crippen LogP) is 2.37. The second-order valence-corrected chi connectivity index (χ2v) is 3.47. The SMILES string of the molecule is C=CCCC(=O)Oc1ccc([N+](=O)[O-])cc1[N+](=O)[O-]. The van der Waals surface area contributed by atoms with E-state index in [4.69, 9.17) is 4.74 Å². The molecule has 19 heavy (non-hydrogen) atoms. The third-order valence-corrected chi connectivity index (χ3v) is 2.13. The molecule has 0 saturated heterocycles. The molecule has 0 aromatic heterocycles. The standard InChI is InChI=1S/C11H10N2O6/c1-2-3-4-11(14)19-10-6-5-8(12(15)16)7-9(10)13(17)18/h2,5-7H,1,3-4H2. The predicted molar refractivity (Wildman–Crippen MR) is 64.8 cm³/mol. The van der Waals surface area contributed by atoms with Gasteiger partial charge >= 0.3 is 11.7 Å². The molecule has 0 radical (unpaired) electrons. The first-order chi connectivity index (χ1) is 8.95. The van der Waals surface area contributed by atoms with E-state index in [0.29, 0.717) is 6.42 Å². The van der Waals surface area contributed by atoms with Gasteiger partial charge in [0.2, 0.25) is 5.75 Å². The van der Waals surface area contributed by atoms with E-state index in [0.717, 1.165) is 18.2 Å². The van der Waals surface area contributed by atoms with Crippen molar-refractivity contribution in [2.24, 2.45) is 0 Å². The molecule has 0 amide bonds. The summed E-state index contributed by atoms with van der Waals surface area (Å²) in [6.07, 6.45) is 1.91. The molecule has 0 atom stereocenters. The van der Waals surface area contributed by atoms with Crippen molar-refractivity contribution < 1.29 is 19.4 Å². The van der Waals surface area contributed by atoms with E-state index in [9.17, 15) is 25.0 Å². The molecule has 8 nitrogen and oxygen atoms in total.